The molecule has 25 heavy (non-hydrogen) atoms. The molecule has 4 aromatic rings. The van der Waals surface area contributed by atoms with E-state index < -0.39 is 0 Å². The average molecular weight is 347 g/mol. The van der Waals surface area contributed by atoms with Crippen molar-refractivity contribution in [2.24, 2.45) is 0 Å². The molecule has 1 amide bonds. The maximum Gasteiger partial charge on any atom is 0.251 e. The predicted molar refractivity (Wildman–Crippen MR) is 101 cm³/mol. The van der Waals surface area contributed by atoms with Crippen LogP contribution >= 0.6 is 11.3 Å². The van der Waals surface area contributed by atoms with Gasteiger partial charge in [0.1, 0.15) is 5.82 Å². The molecule has 2 aromatic carbocycles. The summed E-state index contributed by atoms with van der Waals surface area (Å²) in [6, 6.07) is 19.7. The van der Waals surface area contributed by atoms with Crippen LogP contribution in [0.5, 0.6) is 0 Å². The highest BCUT2D eigenvalue weighted by atomic mass is 32.1. The molecule has 0 unspecified atom stereocenters. The molecule has 0 radical (unpaired) electrons. The number of imidazole rings is 1. The Bertz CT molecular complexity index is 972. The molecule has 0 aliphatic carbocycles. The number of hydrogen-bond donors (Lipinski definition) is 2. The molecule has 4 nitrogen and oxygen atoms in total. The summed E-state index contributed by atoms with van der Waals surface area (Å²) in [6.45, 7) is 0.376. The third-order valence-corrected chi connectivity index (χ3v) is 4.94. The summed E-state index contributed by atoms with van der Waals surface area (Å²) in [5.41, 5.74) is 3.63. The minimum atomic E-state index is -0.0763. The van der Waals surface area contributed by atoms with E-state index in [0.29, 0.717) is 12.1 Å². The molecule has 0 fully saturated rings. The number of hydrogen-bond acceptors (Lipinski definition) is 3. The molecule has 0 aliphatic heterocycles. The molecule has 4 rings (SSSR count). The van der Waals surface area contributed by atoms with Crippen LogP contribution in [0.1, 0.15) is 26.6 Å². The van der Waals surface area contributed by atoms with E-state index in [2.05, 4.69) is 26.7 Å². The smallest absolute Gasteiger partial charge is 0.251 e. The standard InChI is InChI=1S/C20H17N3OS/c24-20(21-13-19-22-17-9-3-4-10-18(17)23-19)16-8-2-1-6-14(16)12-15-7-5-11-25-15/h1-11H,12-13H2,(H,21,24)(H,22,23). The van der Waals surface area contributed by atoms with Crippen molar-refractivity contribution in [2.75, 3.05) is 0 Å². The summed E-state index contributed by atoms with van der Waals surface area (Å²) in [5.74, 6) is 0.679. The van der Waals surface area contributed by atoms with Crippen molar-refractivity contribution in [2.45, 2.75) is 13.0 Å². The second-order valence-electron chi connectivity index (χ2n) is 5.80. The molecule has 0 saturated heterocycles. The minimum absolute atomic E-state index is 0.0763. The molecule has 5 heteroatoms. The lowest BCUT2D eigenvalue weighted by Crippen LogP contribution is -2.24. The second-order valence-corrected chi connectivity index (χ2v) is 6.83. The molecule has 0 aliphatic rings. The van der Waals surface area contributed by atoms with E-state index in [9.17, 15) is 4.79 Å². The minimum Gasteiger partial charge on any atom is -0.345 e. The molecule has 0 spiro atoms. The van der Waals surface area contributed by atoms with Gasteiger partial charge in [0.05, 0.1) is 17.6 Å². The third kappa shape index (κ3) is 3.46. The molecular weight excluding hydrogens is 330 g/mol. The maximum absolute atomic E-state index is 12.6. The van der Waals surface area contributed by atoms with E-state index in [1.54, 1.807) is 11.3 Å². The van der Waals surface area contributed by atoms with E-state index in [1.807, 2.05) is 54.6 Å². The van der Waals surface area contributed by atoms with Crippen molar-refractivity contribution >= 4 is 28.3 Å². The van der Waals surface area contributed by atoms with Gasteiger partial charge < -0.3 is 10.3 Å². The van der Waals surface area contributed by atoms with Crippen LogP contribution in [0, 0.1) is 0 Å². The number of H-pyrrole nitrogens is 1. The Morgan fingerprint density at radius 3 is 2.72 bits per heavy atom. The lowest BCUT2D eigenvalue weighted by molar-refractivity contribution is 0.0949. The number of fused-ring (bicyclic) bond motifs is 1. The number of carbonyl (C=O) groups excluding carboxylic acids is 1. The number of nitrogens with one attached hydrogen (secondary N) is 2. The van der Waals surface area contributed by atoms with Crippen LogP contribution in [-0.2, 0) is 13.0 Å². The van der Waals surface area contributed by atoms with Gasteiger partial charge in [-0.15, -0.1) is 11.3 Å². The monoisotopic (exact) mass is 347 g/mol. The quantitative estimate of drug-likeness (QED) is 0.570. The Kier molecular flexibility index (Phi) is 4.31. The molecular formula is C20H17N3OS. The summed E-state index contributed by atoms with van der Waals surface area (Å²) in [4.78, 5) is 21.6. The molecule has 2 N–H and O–H groups in total. The van der Waals surface area contributed by atoms with Crippen LogP contribution in [0.4, 0.5) is 0 Å². The number of aromatic amines is 1. The van der Waals surface area contributed by atoms with Crippen LogP contribution < -0.4 is 5.32 Å². The van der Waals surface area contributed by atoms with Gasteiger partial charge in [0.25, 0.3) is 5.91 Å². The molecule has 2 heterocycles. The number of rotatable bonds is 5. The summed E-state index contributed by atoms with van der Waals surface area (Å²) >= 11 is 1.70. The van der Waals surface area contributed by atoms with Crippen LogP contribution in [-0.4, -0.2) is 15.9 Å². The lowest BCUT2D eigenvalue weighted by Gasteiger charge is -2.09. The van der Waals surface area contributed by atoms with Gasteiger partial charge in [0.15, 0.2) is 0 Å². The van der Waals surface area contributed by atoms with Gasteiger partial charge in [-0.3, -0.25) is 4.79 Å². The fraction of sp³-hybridized carbons (Fsp3) is 0.100. The summed E-state index contributed by atoms with van der Waals surface area (Å²) < 4.78 is 0. The van der Waals surface area contributed by atoms with Crippen molar-refractivity contribution in [3.63, 3.8) is 0 Å². The van der Waals surface area contributed by atoms with Crippen molar-refractivity contribution in [3.05, 3.63) is 87.9 Å². The Morgan fingerprint density at radius 2 is 1.88 bits per heavy atom. The molecule has 0 bridgehead atoms. The first-order valence-electron chi connectivity index (χ1n) is 8.12. The van der Waals surface area contributed by atoms with Crippen molar-refractivity contribution in [1.82, 2.24) is 15.3 Å². The normalized spacial score (nSPS) is 10.9. The van der Waals surface area contributed by atoms with Crippen molar-refractivity contribution in [1.29, 1.82) is 0 Å². The van der Waals surface area contributed by atoms with Gasteiger partial charge in [-0.05, 0) is 35.2 Å². The Balaban J connectivity index is 1.49. The maximum atomic E-state index is 12.6. The molecule has 0 atom stereocenters. The van der Waals surface area contributed by atoms with E-state index in [1.165, 1.54) is 4.88 Å². The molecule has 2 aromatic heterocycles. The first-order valence-corrected chi connectivity index (χ1v) is 9.00. The predicted octanol–water partition coefficient (Wildman–Crippen LogP) is 4.15. The van der Waals surface area contributed by atoms with Crippen LogP contribution in [0.3, 0.4) is 0 Å². The number of amides is 1. The molecule has 124 valence electrons. The average Bonchev–Trinajstić information content (AvgIpc) is 3.29. The first kappa shape index (κ1) is 15.6. The van der Waals surface area contributed by atoms with E-state index in [4.69, 9.17) is 0 Å². The molecule has 0 saturated carbocycles. The number of aromatic nitrogens is 2. The van der Waals surface area contributed by atoms with Gasteiger partial charge in [-0.2, -0.15) is 0 Å². The van der Waals surface area contributed by atoms with Crippen LogP contribution in [0.25, 0.3) is 11.0 Å². The van der Waals surface area contributed by atoms with Crippen molar-refractivity contribution < 1.29 is 4.79 Å². The number of benzene rings is 2. The highest BCUT2D eigenvalue weighted by Crippen LogP contribution is 2.18. The van der Waals surface area contributed by atoms with Gasteiger partial charge in [0.2, 0.25) is 0 Å². The van der Waals surface area contributed by atoms with Gasteiger partial charge in [0, 0.05) is 16.9 Å². The summed E-state index contributed by atoms with van der Waals surface area (Å²) in [5, 5.41) is 5.02. The SMILES string of the molecule is O=C(NCc1nc2ccccc2[nH]1)c1ccccc1Cc1cccs1. The summed E-state index contributed by atoms with van der Waals surface area (Å²) in [7, 11) is 0. The largest absolute Gasteiger partial charge is 0.345 e. The Hall–Kier alpha value is -2.92. The van der Waals surface area contributed by atoms with Crippen molar-refractivity contribution in [3.8, 4) is 0 Å². The van der Waals surface area contributed by atoms with E-state index >= 15 is 0 Å². The zero-order chi connectivity index (χ0) is 17.1. The second kappa shape index (κ2) is 6.91. The Labute approximate surface area is 149 Å². The fourth-order valence-electron chi connectivity index (χ4n) is 2.85. The highest BCUT2D eigenvalue weighted by molar-refractivity contribution is 7.09. The Morgan fingerprint density at radius 1 is 1.04 bits per heavy atom. The van der Waals surface area contributed by atoms with E-state index in [0.717, 1.165) is 28.8 Å². The van der Waals surface area contributed by atoms with Gasteiger partial charge in [-0.25, -0.2) is 4.98 Å². The van der Waals surface area contributed by atoms with E-state index in [-0.39, 0.29) is 5.91 Å². The topological polar surface area (TPSA) is 57.8 Å². The number of carbonyl (C=O) groups is 1. The van der Waals surface area contributed by atoms with Gasteiger partial charge >= 0.3 is 0 Å². The van der Waals surface area contributed by atoms with Gasteiger partial charge in [-0.1, -0.05) is 36.4 Å². The number of thiophene rings is 1. The van der Waals surface area contributed by atoms with Crippen LogP contribution in [0.2, 0.25) is 0 Å². The zero-order valence-electron chi connectivity index (χ0n) is 13.5. The zero-order valence-corrected chi connectivity index (χ0v) is 14.3. The first-order chi connectivity index (χ1) is 12.3. The fourth-order valence-corrected chi connectivity index (χ4v) is 3.57. The number of para-hydroxylation sites is 2. The lowest BCUT2D eigenvalue weighted by atomic mass is 10.0. The third-order valence-electron chi connectivity index (χ3n) is 4.06. The highest BCUT2D eigenvalue weighted by Gasteiger charge is 2.12. The van der Waals surface area contributed by atoms with Crippen LogP contribution in [0.15, 0.2) is 66.0 Å². The summed E-state index contributed by atoms with van der Waals surface area (Å²) in [6.07, 6.45) is 0.770. The number of nitrogens with zero attached hydrogens (tertiary/aromatic N) is 1.